The number of carbonyl (C=O) groups is 1. The Labute approximate surface area is 61.2 Å². The lowest BCUT2D eigenvalue weighted by Crippen LogP contribution is -2.40. The molecule has 0 radical (unpaired) electrons. The number of nitrogens with zero attached hydrogens (tertiary/aromatic N) is 1. The zero-order valence-electron chi connectivity index (χ0n) is 6.50. The minimum Gasteiger partial charge on any atom is -0.368 e. The summed E-state index contributed by atoms with van der Waals surface area (Å²) in [5.74, 6) is -0.188. The molecule has 1 fully saturated rings. The lowest BCUT2D eigenvalue weighted by Gasteiger charge is -2.19. The highest BCUT2D eigenvalue weighted by Crippen LogP contribution is 2.20. The molecule has 1 rings (SSSR count). The van der Waals surface area contributed by atoms with E-state index in [-0.39, 0.29) is 11.9 Å². The number of amides is 1. The van der Waals surface area contributed by atoms with Crippen LogP contribution in [0.5, 0.6) is 0 Å². The van der Waals surface area contributed by atoms with Crippen molar-refractivity contribution in [2.45, 2.75) is 31.8 Å². The molecule has 0 spiro atoms. The summed E-state index contributed by atoms with van der Waals surface area (Å²) in [6.45, 7) is 2.11. The van der Waals surface area contributed by atoms with Gasteiger partial charge in [-0.1, -0.05) is 0 Å². The fourth-order valence-corrected chi connectivity index (χ4v) is 1.46. The van der Waals surface area contributed by atoms with Crippen LogP contribution in [0.15, 0.2) is 0 Å². The monoisotopic (exact) mass is 142 g/mol. The Morgan fingerprint density at radius 3 is 2.40 bits per heavy atom. The molecule has 1 saturated heterocycles. The molecule has 58 valence electrons. The molecule has 0 bridgehead atoms. The van der Waals surface area contributed by atoms with Crippen LogP contribution >= 0.6 is 0 Å². The molecule has 10 heavy (non-hydrogen) atoms. The topological polar surface area (TPSA) is 46.3 Å². The summed E-state index contributed by atoms with van der Waals surface area (Å²) in [4.78, 5) is 12.8. The summed E-state index contributed by atoms with van der Waals surface area (Å²) in [6, 6.07) is 0.493. The van der Waals surface area contributed by atoms with Crippen molar-refractivity contribution in [2.75, 3.05) is 7.05 Å². The Bertz CT molecular complexity index is 147. The van der Waals surface area contributed by atoms with Crippen LogP contribution in [0.3, 0.4) is 0 Å². The van der Waals surface area contributed by atoms with Gasteiger partial charge in [-0.15, -0.1) is 0 Å². The van der Waals surface area contributed by atoms with Gasteiger partial charge in [-0.2, -0.15) is 0 Å². The van der Waals surface area contributed by atoms with E-state index < -0.39 is 0 Å². The number of likely N-dealkylation sites (N-methyl/N-ethyl adjacent to an activating group) is 1. The molecule has 0 aliphatic carbocycles. The standard InChI is InChI=1S/C7H14N2O/c1-5-3-4-6(7(8)10)9(5)2/h5-6H,3-4H2,1-2H3,(H2,8,10). The molecule has 0 saturated carbocycles. The smallest absolute Gasteiger partial charge is 0.234 e. The van der Waals surface area contributed by atoms with Gasteiger partial charge in [-0.05, 0) is 26.8 Å². The maximum atomic E-state index is 10.7. The molecule has 2 unspecified atom stereocenters. The number of likely N-dealkylation sites (tertiary alicyclic amines) is 1. The molecule has 2 atom stereocenters. The van der Waals surface area contributed by atoms with E-state index in [1.807, 2.05) is 11.9 Å². The van der Waals surface area contributed by atoms with Gasteiger partial charge >= 0.3 is 0 Å². The molecule has 1 heterocycles. The Balaban J connectivity index is 2.57. The number of primary amides is 1. The zero-order valence-corrected chi connectivity index (χ0v) is 6.50. The van der Waals surface area contributed by atoms with Crippen LogP contribution in [0, 0.1) is 0 Å². The summed E-state index contributed by atoms with van der Waals surface area (Å²) in [5.41, 5.74) is 5.17. The van der Waals surface area contributed by atoms with E-state index in [0.29, 0.717) is 6.04 Å². The van der Waals surface area contributed by atoms with E-state index in [1.54, 1.807) is 0 Å². The lowest BCUT2D eigenvalue weighted by molar-refractivity contribution is -0.122. The van der Waals surface area contributed by atoms with Gasteiger partial charge in [0.15, 0.2) is 0 Å². The largest absolute Gasteiger partial charge is 0.368 e. The number of carbonyl (C=O) groups excluding carboxylic acids is 1. The van der Waals surface area contributed by atoms with E-state index >= 15 is 0 Å². The molecule has 1 amide bonds. The molecule has 2 N–H and O–H groups in total. The second kappa shape index (κ2) is 2.58. The summed E-state index contributed by atoms with van der Waals surface area (Å²) in [7, 11) is 1.95. The fraction of sp³-hybridized carbons (Fsp3) is 0.857. The Morgan fingerprint density at radius 2 is 2.20 bits per heavy atom. The van der Waals surface area contributed by atoms with Gasteiger partial charge in [0.2, 0.25) is 5.91 Å². The van der Waals surface area contributed by atoms with Gasteiger partial charge in [0, 0.05) is 6.04 Å². The van der Waals surface area contributed by atoms with Gasteiger partial charge in [0.25, 0.3) is 0 Å². The Kier molecular flexibility index (Phi) is 1.94. The van der Waals surface area contributed by atoms with E-state index in [9.17, 15) is 4.79 Å². The van der Waals surface area contributed by atoms with Crippen LogP contribution in [0.25, 0.3) is 0 Å². The molecular weight excluding hydrogens is 128 g/mol. The molecule has 0 aromatic rings. The first kappa shape index (κ1) is 7.54. The highest BCUT2D eigenvalue weighted by atomic mass is 16.1. The van der Waals surface area contributed by atoms with Crippen LogP contribution in [0.4, 0.5) is 0 Å². The predicted molar refractivity (Wildman–Crippen MR) is 39.4 cm³/mol. The van der Waals surface area contributed by atoms with Gasteiger partial charge in [0.1, 0.15) is 0 Å². The third-order valence-electron chi connectivity index (χ3n) is 2.37. The van der Waals surface area contributed by atoms with Crippen LogP contribution in [-0.4, -0.2) is 29.9 Å². The number of nitrogens with two attached hydrogens (primary N) is 1. The lowest BCUT2D eigenvalue weighted by atomic mass is 10.2. The minimum atomic E-state index is -0.188. The highest BCUT2D eigenvalue weighted by Gasteiger charge is 2.30. The average Bonchev–Trinajstić information content (AvgIpc) is 2.14. The van der Waals surface area contributed by atoms with Crippen LogP contribution in [0.1, 0.15) is 19.8 Å². The minimum absolute atomic E-state index is 0.0185. The third kappa shape index (κ3) is 1.14. The molecule has 3 heteroatoms. The first-order valence-corrected chi connectivity index (χ1v) is 3.64. The van der Waals surface area contributed by atoms with Crippen molar-refractivity contribution in [3.63, 3.8) is 0 Å². The SMILES string of the molecule is CC1CCC(C(N)=O)N1C. The van der Waals surface area contributed by atoms with Crippen molar-refractivity contribution in [1.29, 1.82) is 0 Å². The van der Waals surface area contributed by atoms with Crippen molar-refractivity contribution in [3.05, 3.63) is 0 Å². The van der Waals surface area contributed by atoms with E-state index in [1.165, 1.54) is 0 Å². The first-order valence-electron chi connectivity index (χ1n) is 3.64. The summed E-state index contributed by atoms with van der Waals surface area (Å²) in [5, 5.41) is 0. The average molecular weight is 142 g/mol. The molecule has 3 nitrogen and oxygen atoms in total. The number of hydrogen-bond donors (Lipinski definition) is 1. The molecule has 0 aromatic carbocycles. The van der Waals surface area contributed by atoms with Crippen LogP contribution < -0.4 is 5.73 Å². The van der Waals surface area contributed by atoms with Crippen molar-refractivity contribution in [1.82, 2.24) is 4.90 Å². The second-order valence-corrected chi connectivity index (χ2v) is 3.01. The van der Waals surface area contributed by atoms with E-state index in [0.717, 1.165) is 12.8 Å². The van der Waals surface area contributed by atoms with Gasteiger partial charge in [-0.25, -0.2) is 0 Å². The second-order valence-electron chi connectivity index (χ2n) is 3.01. The first-order chi connectivity index (χ1) is 4.63. The molecule has 1 aliphatic rings. The quantitative estimate of drug-likeness (QED) is 0.558. The van der Waals surface area contributed by atoms with Gasteiger partial charge < -0.3 is 5.73 Å². The summed E-state index contributed by atoms with van der Waals surface area (Å²) >= 11 is 0. The van der Waals surface area contributed by atoms with Crippen molar-refractivity contribution in [2.24, 2.45) is 5.73 Å². The van der Waals surface area contributed by atoms with Gasteiger partial charge in [0.05, 0.1) is 6.04 Å². The van der Waals surface area contributed by atoms with Crippen LogP contribution in [-0.2, 0) is 4.79 Å². The third-order valence-corrected chi connectivity index (χ3v) is 2.37. The van der Waals surface area contributed by atoms with Crippen molar-refractivity contribution in [3.8, 4) is 0 Å². The molecule has 0 aromatic heterocycles. The van der Waals surface area contributed by atoms with Gasteiger partial charge in [-0.3, -0.25) is 9.69 Å². The summed E-state index contributed by atoms with van der Waals surface area (Å²) in [6.07, 6.45) is 2.01. The number of rotatable bonds is 1. The number of hydrogen-bond acceptors (Lipinski definition) is 2. The van der Waals surface area contributed by atoms with Crippen molar-refractivity contribution < 1.29 is 4.79 Å². The Hall–Kier alpha value is -0.570. The maximum Gasteiger partial charge on any atom is 0.234 e. The predicted octanol–water partition coefficient (Wildman–Crippen LogP) is -0.0456. The summed E-state index contributed by atoms with van der Waals surface area (Å²) < 4.78 is 0. The molecule has 1 aliphatic heterocycles. The van der Waals surface area contributed by atoms with Crippen molar-refractivity contribution >= 4 is 5.91 Å². The van der Waals surface area contributed by atoms with E-state index in [4.69, 9.17) is 5.73 Å². The van der Waals surface area contributed by atoms with Crippen LogP contribution in [0.2, 0.25) is 0 Å². The normalized spacial score (nSPS) is 34.6. The van der Waals surface area contributed by atoms with E-state index in [2.05, 4.69) is 6.92 Å². The zero-order chi connectivity index (χ0) is 7.72. The maximum absolute atomic E-state index is 10.7. The highest BCUT2D eigenvalue weighted by molar-refractivity contribution is 5.80. The molecular formula is C7H14N2O. The fourth-order valence-electron chi connectivity index (χ4n) is 1.46. The Morgan fingerprint density at radius 1 is 1.60 bits per heavy atom.